The minimum absolute atomic E-state index is 0.552. The van der Waals surface area contributed by atoms with Gasteiger partial charge in [-0.2, -0.15) is 13.2 Å². The number of hydrogen-bond donors (Lipinski definition) is 0. The maximum atomic E-state index is 11.3. The summed E-state index contributed by atoms with van der Waals surface area (Å²) in [5.41, 5.74) is 0. The molecule has 54 valence electrons. The van der Waals surface area contributed by atoms with E-state index in [4.69, 9.17) is 0 Å². The van der Waals surface area contributed by atoms with Crippen LogP contribution in [0.3, 0.4) is 0 Å². The van der Waals surface area contributed by atoms with Crippen molar-refractivity contribution in [1.29, 1.82) is 0 Å². The Hall–Kier alpha value is -0.540. The number of rotatable bonds is 2. The molecule has 0 radical (unpaired) electrons. The molecule has 9 heavy (non-hydrogen) atoms. The van der Waals surface area contributed by atoms with Gasteiger partial charge in [0.1, 0.15) is 6.54 Å². The molecule has 1 nitrogen and oxygen atoms in total. The van der Waals surface area contributed by atoms with Crippen LogP contribution in [0.15, 0.2) is 4.99 Å². The average molecular weight is 139 g/mol. The van der Waals surface area contributed by atoms with Gasteiger partial charge in [0, 0.05) is 0 Å². The van der Waals surface area contributed by atoms with Crippen LogP contribution in [0.25, 0.3) is 0 Å². The van der Waals surface area contributed by atoms with Gasteiger partial charge >= 0.3 is 6.18 Å². The highest BCUT2D eigenvalue weighted by atomic mass is 19.4. The third-order valence-electron chi connectivity index (χ3n) is 0.582. The lowest BCUT2D eigenvalue weighted by Gasteiger charge is -1.98. The van der Waals surface area contributed by atoms with Crippen LogP contribution in [-0.4, -0.2) is 18.9 Å². The second kappa shape index (κ2) is 3.48. The van der Waals surface area contributed by atoms with Crippen LogP contribution in [0.4, 0.5) is 13.2 Å². The number of hydrogen-bond acceptors (Lipinski definition) is 1. The second-order valence-electron chi connectivity index (χ2n) is 1.55. The van der Waals surface area contributed by atoms with Crippen molar-refractivity contribution in [3.63, 3.8) is 0 Å². The first-order valence-corrected chi connectivity index (χ1v) is 2.61. The van der Waals surface area contributed by atoms with Crippen molar-refractivity contribution in [3.05, 3.63) is 0 Å². The molecule has 0 aromatic heterocycles. The number of nitrogens with zero attached hydrogens (tertiary/aromatic N) is 1. The Morgan fingerprint density at radius 2 is 2.00 bits per heavy atom. The zero-order valence-corrected chi connectivity index (χ0v) is 5.07. The second-order valence-corrected chi connectivity index (χ2v) is 1.55. The predicted octanol–water partition coefficient (Wildman–Crippen LogP) is 2.03. The standard InChI is InChI=1S/C5H8F3N/c1-2-3-9-4-5(6,7)8/h3H,2,4H2,1H3/b9-3+. The number of halogens is 3. The highest BCUT2D eigenvalue weighted by molar-refractivity contribution is 5.56. The van der Waals surface area contributed by atoms with Crippen molar-refractivity contribution in [2.24, 2.45) is 4.99 Å². The van der Waals surface area contributed by atoms with Gasteiger partial charge in [-0.15, -0.1) is 0 Å². The molecule has 4 heteroatoms. The fourth-order valence-corrected chi connectivity index (χ4v) is 0.297. The molecule has 0 aliphatic heterocycles. The molecule has 0 saturated heterocycles. The molecule has 0 rings (SSSR count). The molecule has 0 spiro atoms. The Bertz CT molecular complexity index is 94.9. The van der Waals surface area contributed by atoms with Crippen molar-refractivity contribution >= 4 is 6.21 Å². The highest BCUT2D eigenvalue weighted by Crippen LogP contribution is 2.13. The first-order chi connectivity index (χ1) is 4.06. The Balaban J connectivity index is 3.38. The van der Waals surface area contributed by atoms with E-state index in [-0.39, 0.29) is 0 Å². The van der Waals surface area contributed by atoms with Gasteiger partial charge in [0.25, 0.3) is 0 Å². The van der Waals surface area contributed by atoms with E-state index in [1.54, 1.807) is 6.92 Å². The molecule has 0 saturated carbocycles. The fourth-order valence-electron chi connectivity index (χ4n) is 0.297. The topological polar surface area (TPSA) is 12.4 Å². The van der Waals surface area contributed by atoms with Gasteiger partial charge in [-0.25, -0.2) is 0 Å². The van der Waals surface area contributed by atoms with Crippen molar-refractivity contribution in [1.82, 2.24) is 0 Å². The first-order valence-electron chi connectivity index (χ1n) is 2.61. The predicted molar refractivity (Wildman–Crippen MR) is 29.7 cm³/mol. The summed E-state index contributed by atoms with van der Waals surface area (Å²) in [4.78, 5) is 3.11. The summed E-state index contributed by atoms with van der Waals surface area (Å²) in [7, 11) is 0. The van der Waals surface area contributed by atoms with Crippen molar-refractivity contribution in [3.8, 4) is 0 Å². The zero-order chi connectivity index (χ0) is 7.33. The van der Waals surface area contributed by atoms with E-state index in [0.717, 1.165) is 0 Å². The lowest BCUT2D eigenvalue weighted by Crippen LogP contribution is -2.11. The van der Waals surface area contributed by atoms with Gasteiger partial charge in [-0.05, 0) is 12.6 Å². The van der Waals surface area contributed by atoms with Crippen LogP contribution >= 0.6 is 0 Å². The molecule has 0 aliphatic carbocycles. The van der Waals surface area contributed by atoms with Gasteiger partial charge in [0.2, 0.25) is 0 Å². The molecule has 0 amide bonds. The zero-order valence-electron chi connectivity index (χ0n) is 5.07. The van der Waals surface area contributed by atoms with E-state index in [1.807, 2.05) is 0 Å². The van der Waals surface area contributed by atoms with E-state index in [9.17, 15) is 13.2 Å². The largest absolute Gasteiger partial charge is 0.407 e. The van der Waals surface area contributed by atoms with Crippen molar-refractivity contribution < 1.29 is 13.2 Å². The molecule has 0 heterocycles. The Morgan fingerprint density at radius 1 is 1.44 bits per heavy atom. The van der Waals surface area contributed by atoms with Crippen LogP contribution in [0, 0.1) is 0 Å². The molecular formula is C5H8F3N. The summed E-state index contributed by atoms with van der Waals surface area (Å²) in [6.07, 6.45) is -2.34. The maximum Gasteiger partial charge on any atom is 0.407 e. The lowest BCUT2D eigenvalue weighted by atomic mass is 10.5. The van der Waals surface area contributed by atoms with Gasteiger partial charge < -0.3 is 0 Å². The quantitative estimate of drug-likeness (QED) is 0.519. The lowest BCUT2D eigenvalue weighted by molar-refractivity contribution is -0.118. The van der Waals surface area contributed by atoms with E-state index < -0.39 is 12.7 Å². The molecule has 0 unspecified atom stereocenters. The van der Waals surface area contributed by atoms with E-state index in [0.29, 0.717) is 6.42 Å². The van der Waals surface area contributed by atoms with Crippen LogP contribution in [0.5, 0.6) is 0 Å². The van der Waals surface area contributed by atoms with Crippen LogP contribution < -0.4 is 0 Å². The third kappa shape index (κ3) is 7.46. The summed E-state index contributed by atoms with van der Waals surface area (Å²) in [6.45, 7) is 0.681. The van der Waals surface area contributed by atoms with Crippen molar-refractivity contribution in [2.75, 3.05) is 6.54 Å². The highest BCUT2D eigenvalue weighted by Gasteiger charge is 2.25. The number of aliphatic imine (C=N–C) groups is 1. The summed E-state index contributed by atoms with van der Waals surface area (Å²) in [6, 6.07) is 0. The van der Waals surface area contributed by atoms with Gasteiger partial charge in [0.05, 0.1) is 0 Å². The van der Waals surface area contributed by atoms with Gasteiger partial charge in [0.15, 0.2) is 0 Å². The average Bonchev–Trinajstić information content (AvgIpc) is 1.63. The minimum Gasteiger partial charge on any atom is -0.288 e. The molecule has 0 bridgehead atoms. The molecule has 0 aromatic carbocycles. The molecule has 0 fully saturated rings. The summed E-state index contributed by atoms with van der Waals surface area (Å²) >= 11 is 0. The smallest absolute Gasteiger partial charge is 0.288 e. The van der Waals surface area contributed by atoms with Gasteiger partial charge in [-0.1, -0.05) is 6.92 Å². The third-order valence-corrected chi connectivity index (χ3v) is 0.582. The molecule has 0 N–H and O–H groups in total. The summed E-state index contributed by atoms with van der Waals surface area (Å²) in [5, 5.41) is 0. The van der Waals surface area contributed by atoms with Crippen LogP contribution in [0.1, 0.15) is 13.3 Å². The van der Waals surface area contributed by atoms with E-state index in [1.165, 1.54) is 6.21 Å². The van der Waals surface area contributed by atoms with E-state index >= 15 is 0 Å². The number of alkyl halides is 3. The summed E-state index contributed by atoms with van der Waals surface area (Å²) in [5.74, 6) is 0. The van der Waals surface area contributed by atoms with Gasteiger partial charge in [-0.3, -0.25) is 4.99 Å². The normalized spacial score (nSPS) is 12.9. The molecular weight excluding hydrogens is 131 g/mol. The van der Waals surface area contributed by atoms with E-state index in [2.05, 4.69) is 4.99 Å². The minimum atomic E-state index is -4.15. The SMILES string of the molecule is CC/C=N/CC(F)(F)F. The molecule has 0 atom stereocenters. The van der Waals surface area contributed by atoms with Crippen LogP contribution in [-0.2, 0) is 0 Å². The van der Waals surface area contributed by atoms with Crippen LogP contribution in [0.2, 0.25) is 0 Å². The molecule has 0 aromatic rings. The maximum absolute atomic E-state index is 11.3. The Labute approximate surface area is 51.6 Å². The monoisotopic (exact) mass is 139 g/mol. The summed E-state index contributed by atoms with van der Waals surface area (Å²) < 4.78 is 33.8. The Morgan fingerprint density at radius 3 is 2.33 bits per heavy atom. The van der Waals surface area contributed by atoms with Crippen molar-refractivity contribution in [2.45, 2.75) is 19.5 Å². The Kier molecular flexibility index (Phi) is 3.27. The fraction of sp³-hybridized carbons (Fsp3) is 0.800. The molecule has 0 aliphatic rings. The first kappa shape index (κ1) is 8.46.